The van der Waals surface area contributed by atoms with Gasteiger partial charge in [-0.3, -0.25) is 9.59 Å². The first-order chi connectivity index (χ1) is 7.99. The van der Waals surface area contributed by atoms with Crippen LogP contribution in [0.3, 0.4) is 0 Å². The van der Waals surface area contributed by atoms with Gasteiger partial charge in [-0.15, -0.1) is 0 Å². The van der Waals surface area contributed by atoms with Crippen molar-refractivity contribution in [3.8, 4) is 0 Å². The summed E-state index contributed by atoms with van der Waals surface area (Å²) in [6, 6.07) is 3.78. The minimum absolute atomic E-state index is 0.0476. The van der Waals surface area contributed by atoms with Crippen LogP contribution < -0.4 is 0 Å². The van der Waals surface area contributed by atoms with Crippen LogP contribution in [-0.4, -0.2) is 35.0 Å². The fourth-order valence-electron chi connectivity index (χ4n) is 1.61. The van der Waals surface area contributed by atoms with Crippen molar-refractivity contribution in [2.24, 2.45) is 5.92 Å². The van der Waals surface area contributed by atoms with Gasteiger partial charge in [-0.1, -0.05) is 11.6 Å². The smallest absolute Gasteiger partial charge is 0.310 e. The summed E-state index contributed by atoms with van der Waals surface area (Å²) in [6.07, 6.45) is 0. The molecule has 1 N–H and O–H groups in total. The molecule has 4 nitrogen and oxygen atoms in total. The second-order valence-corrected chi connectivity index (χ2v) is 4.28. The van der Waals surface area contributed by atoms with Crippen LogP contribution in [0.5, 0.6) is 0 Å². The number of aliphatic carboxylic acids is 1. The highest BCUT2D eigenvalue weighted by Gasteiger charge is 2.35. The van der Waals surface area contributed by atoms with Gasteiger partial charge in [0.25, 0.3) is 5.91 Å². The van der Waals surface area contributed by atoms with Crippen LogP contribution in [0.15, 0.2) is 18.2 Å². The highest BCUT2D eigenvalue weighted by Crippen LogP contribution is 2.21. The summed E-state index contributed by atoms with van der Waals surface area (Å²) < 4.78 is 13.1. The van der Waals surface area contributed by atoms with E-state index in [2.05, 4.69) is 0 Å². The summed E-state index contributed by atoms with van der Waals surface area (Å²) in [5.74, 6) is -2.47. The molecule has 1 aromatic carbocycles. The lowest BCUT2D eigenvalue weighted by Crippen LogP contribution is -2.53. The van der Waals surface area contributed by atoms with Crippen LogP contribution in [0, 0.1) is 11.7 Å². The number of amides is 1. The Balaban J connectivity index is 2.06. The molecule has 0 aliphatic carbocycles. The highest BCUT2D eigenvalue weighted by molar-refractivity contribution is 6.30. The van der Waals surface area contributed by atoms with Crippen LogP contribution in [0.2, 0.25) is 5.02 Å². The number of halogens is 2. The van der Waals surface area contributed by atoms with Crippen molar-refractivity contribution in [2.75, 3.05) is 13.1 Å². The van der Waals surface area contributed by atoms with Crippen LogP contribution in [0.25, 0.3) is 0 Å². The standard InChI is InChI=1S/C11H9ClFNO3/c12-8-2-1-6(3-9(8)13)10(15)14-4-7(5-14)11(16)17/h1-3,7H,4-5H2,(H,16,17). The number of nitrogens with zero attached hydrogens (tertiary/aromatic N) is 1. The lowest BCUT2D eigenvalue weighted by molar-refractivity contribution is -0.146. The quantitative estimate of drug-likeness (QED) is 0.876. The number of hydrogen-bond donors (Lipinski definition) is 1. The molecule has 0 radical (unpaired) electrons. The largest absolute Gasteiger partial charge is 0.481 e. The van der Waals surface area contributed by atoms with Gasteiger partial charge < -0.3 is 10.0 Å². The molecule has 0 aromatic heterocycles. The zero-order valence-electron chi connectivity index (χ0n) is 8.69. The molecule has 1 amide bonds. The maximum Gasteiger partial charge on any atom is 0.310 e. The molecule has 1 fully saturated rings. The highest BCUT2D eigenvalue weighted by atomic mass is 35.5. The number of carbonyl (C=O) groups excluding carboxylic acids is 1. The third kappa shape index (κ3) is 2.24. The Morgan fingerprint density at radius 3 is 2.59 bits per heavy atom. The van der Waals surface area contributed by atoms with E-state index >= 15 is 0 Å². The maximum absolute atomic E-state index is 13.1. The SMILES string of the molecule is O=C(O)C1CN(C(=O)c2ccc(Cl)c(F)c2)C1. The van der Waals surface area contributed by atoms with E-state index in [4.69, 9.17) is 16.7 Å². The minimum atomic E-state index is -0.920. The van der Waals surface area contributed by atoms with Crippen molar-refractivity contribution < 1.29 is 19.1 Å². The number of hydrogen-bond acceptors (Lipinski definition) is 2. The second kappa shape index (κ2) is 4.33. The third-order valence-corrected chi connectivity index (χ3v) is 2.99. The summed E-state index contributed by atoms with van der Waals surface area (Å²) in [7, 11) is 0. The first-order valence-electron chi connectivity index (χ1n) is 4.96. The van der Waals surface area contributed by atoms with E-state index < -0.39 is 17.7 Å². The summed E-state index contributed by atoms with van der Waals surface area (Å²) in [5.41, 5.74) is 0.177. The van der Waals surface area contributed by atoms with Gasteiger partial charge >= 0.3 is 5.97 Å². The lowest BCUT2D eigenvalue weighted by Gasteiger charge is -2.36. The average molecular weight is 258 g/mol. The van der Waals surface area contributed by atoms with E-state index in [-0.39, 0.29) is 29.6 Å². The Kier molecular flexibility index (Phi) is 3.02. The Hall–Kier alpha value is -1.62. The number of rotatable bonds is 2. The number of carboxylic acids is 1. The molecule has 0 saturated carbocycles. The zero-order valence-corrected chi connectivity index (χ0v) is 9.45. The molecule has 90 valence electrons. The van der Waals surface area contributed by atoms with Crippen molar-refractivity contribution in [1.29, 1.82) is 0 Å². The van der Waals surface area contributed by atoms with Gasteiger partial charge in [-0.25, -0.2) is 4.39 Å². The van der Waals surface area contributed by atoms with Crippen molar-refractivity contribution >= 4 is 23.5 Å². The minimum Gasteiger partial charge on any atom is -0.481 e. The van der Waals surface area contributed by atoms with Crippen LogP contribution >= 0.6 is 11.6 Å². The molecule has 1 aliphatic rings. The van der Waals surface area contributed by atoms with Crippen molar-refractivity contribution in [1.82, 2.24) is 4.90 Å². The normalized spacial score (nSPS) is 15.5. The summed E-state index contributed by atoms with van der Waals surface area (Å²) in [5, 5.41) is 8.62. The number of benzene rings is 1. The van der Waals surface area contributed by atoms with Gasteiger partial charge in [-0.05, 0) is 18.2 Å². The van der Waals surface area contributed by atoms with E-state index in [1.165, 1.54) is 17.0 Å². The fourth-order valence-corrected chi connectivity index (χ4v) is 1.73. The second-order valence-electron chi connectivity index (χ2n) is 3.87. The molecule has 6 heteroatoms. The monoisotopic (exact) mass is 257 g/mol. The lowest BCUT2D eigenvalue weighted by atomic mass is 9.99. The molecule has 0 unspecified atom stereocenters. The van der Waals surface area contributed by atoms with Gasteiger partial charge in [0.05, 0.1) is 10.9 Å². The van der Waals surface area contributed by atoms with Gasteiger partial charge in [0, 0.05) is 18.7 Å². The molecule has 0 bridgehead atoms. The number of carbonyl (C=O) groups is 2. The Labute approximate surface area is 102 Å². The Morgan fingerprint density at radius 1 is 1.41 bits per heavy atom. The molecule has 1 saturated heterocycles. The summed E-state index contributed by atoms with van der Waals surface area (Å²) in [6.45, 7) is 0.330. The zero-order chi connectivity index (χ0) is 12.6. The fraction of sp³-hybridized carbons (Fsp3) is 0.273. The summed E-state index contributed by atoms with van der Waals surface area (Å²) >= 11 is 5.50. The van der Waals surface area contributed by atoms with E-state index in [0.717, 1.165) is 6.07 Å². The molecular formula is C11H9ClFNO3. The predicted octanol–water partition coefficient (Wildman–Crippen LogP) is 1.64. The molecule has 1 heterocycles. The van der Waals surface area contributed by atoms with Crippen LogP contribution in [-0.2, 0) is 4.79 Å². The molecule has 17 heavy (non-hydrogen) atoms. The van der Waals surface area contributed by atoms with E-state index in [1.54, 1.807) is 0 Å². The van der Waals surface area contributed by atoms with Gasteiger partial charge in [0.1, 0.15) is 5.82 Å². The van der Waals surface area contributed by atoms with Crippen LogP contribution in [0.4, 0.5) is 4.39 Å². The van der Waals surface area contributed by atoms with E-state index in [9.17, 15) is 14.0 Å². The number of likely N-dealkylation sites (tertiary alicyclic amines) is 1. The van der Waals surface area contributed by atoms with Gasteiger partial charge in [-0.2, -0.15) is 0 Å². The molecule has 1 aliphatic heterocycles. The van der Waals surface area contributed by atoms with Gasteiger partial charge in [0.2, 0.25) is 0 Å². The van der Waals surface area contributed by atoms with E-state index in [0.29, 0.717) is 0 Å². The summed E-state index contributed by atoms with van der Waals surface area (Å²) in [4.78, 5) is 23.7. The predicted molar refractivity (Wildman–Crippen MR) is 58.4 cm³/mol. The van der Waals surface area contributed by atoms with Crippen molar-refractivity contribution in [3.63, 3.8) is 0 Å². The maximum atomic E-state index is 13.1. The topological polar surface area (TPSA) is 57.6 Å². The average Bonchev–Trinajstić information content (AvgIpc) is 2.19. The van der Waals surface area contributed by atoms with E-state index in [1.807, 2.05) is 0 Å². The van der Waals surface area contributed by atoms with Crippen molar-refractivity contribution in [3.05, 3.63) is 34.6 Å². The molecule has 0 atom stereocenters. The third-order valence-electron chi connectivity index (χ3n) is 2.68. The first-order valence-corrected chi connectivity index (χ1v) is 5.34. The van der Waals surface area contributed by atoms with Gasteiger partial charge in [0.15, 0.2) is 0 Å². The Bertz CT molecular complexity index is 486. The van der Waals surface area contributed by atoms with Crippen LogP contribution in [0.1, 0.15) is 10.4 Å². The molecule has 0 spiro atoms. The van der Waals surface area contributed by atoms with Crippen molar-refractivity contribution in [2.45, 2.75) is 0 Å². The molecular weight excluding hydrogens is 249 g/mol. The Morgan fingerprint density at radius 2 is 2.06 bits per heavy atom. The first kappa shape index (κ1) is 11.9. The molecule has 2 rings (SSSR count). The number of carboxylic acid groups (broad SMARTS) is 1. The molecule has 1 aromatic rings.